The lowest BCUT2D eigenvalue weighted by Gasteiger charge is -2.50. The fraction of sp³-hybridized carbons (Fsp3) is 0.667. The van der Waals surface area contributed by atoms with Crippen LogP contribution in [0, 0.1) is 0 Å². The molecule has 0 aliphatic carbocycles. The van der Waals surface area contributed by atoms with Crippen molar-refractivity contribution >= 4 is 0 Å². The van der Waals surface area contributed by atoms with Gasteiger partial charge < -0.3 is 4.74 Å². The predicted octanol–water partition coefficient (Wildman–Crippen LogP) is 0.373. The zero-order valence-electron chi connectivity index (χ0n) is 12.8. The third-order valence-corrected chi connectivity index (χ3v) is 4.35. The minimum atomic E-state index is 0.0799. The van der Waals surface area contributed by atoms with E-state index in [2.05, 4.69) is 26.3 Å². The first-order chi connectivity index (χ1) is 10.2. The highest BCUT2D eigenvalue weighted by molar-refractivity contribution is 5.27. The number of ether oxygens (including phenoxy) is 1. The molecule has 3 N–H and O–H groups in total. The molecule has 3 aliphatic rings. The van der Waals surface area contributed by atoms with Gasteiger partial charge in [0, 0.05) is 45.0 Å². The molecule has 0 saturated carbocycles. The number of aromatic nitrogens is 1. The van der Waals surface area contributed by atoms with E-state index in [1.165, 1.54) is 13.1 Å². The van der Waals surface area contributed by atoms with E-state index in [-0.39, 0.29) is 12.1 Å². The number of fused-ring (bicyclic) bond motifs is 3. The number of rotatable bonds is 5. The van der Waals surface area contributed by atoms with Gasteiger partial charge in [0.2, 0.25) is 0 Å². The summed E-state index contributed by atoms with van der Waals surface area (Å²) < 4.78 is 5.74. The van der Waals surface area contributed by atoms with E-state index >= 15 is 0 Å². The van der Waals surface area contributed by atoms with Gasteiger partial charge in [-0.05, 0) is 25.5 Å². The van der Waals surface area contributed by atoms with Gasteiger partial charge >= 0.3 is 0 Å². The van der Waals surface area contributed by atoms with Gasteiger partial charge in [-0.25, -0.2) is 0 Å². The normalized spacial score (nSPS) is 29.6. The third kappa shape index (κ3) is 3.18. The van der Waals surface area contributed by atoms with Crippen LogP contribution >= 0.6 is 0 Å². The molecule has 116 valence electrons. The van der Waals surface area contributed by atoms with Gasteiger partial charge in [-0.3, -0.25) is 26.1 Å². The van der Waals surface area contributed by atoms with Crippen molar-refractivity contribution in [2.24, 2.45) is 5.84 Å². The van der Waals surface area contributed by atoms with Crippen molar-refractivity contribution in [3.05, 3.63) is 24.0 Å². The summed E-state index contributed by atoms with van der Waals surface area (Å²) in [6.45, 7) is 9.68. The van der Waals surface area contributed by atoms with Crippen LogP contribution in [0.4, 0.5) is 0 Å². The average Bonchev–Trinajstić information content (AvgIpc) is 2.49. The first kappa shape index (κ1) is 14.7. The first-order valence-electron chi connectivity index (χ1n) is 7.71. The molecule has 6 heteroatoms. The predicted molar refractivity (Wildman–Crippen MR) is 81.9 cm³/mol. The van der Waals surface area contributed by atoms with E-state index < -0.39 is 0 Å². The van der Waals surface area contributed by atoms with Crippen molar-refractivity contribution in [2.75, 3.05) is 32.7 Å². The Bertz CT molecular complexity index is 473. The van der Waals surface area contributed by atoms with Crippen LogP contribution in [0.1, 0.15) is 25.5 Å². The maximum atomic E-state index is 5.85. The van der Waals surface area contributed by atoms with E-state index in [9.17, 15) is 0 Å². The largest absolute Gasteiger partial charge is 0.489 e. The van der Waals surface area contributed by atoms with Crippen LogP contribution in [0.2, 0.25) is 0 Å². The van der Waals surface area contributed by atoms with E-state index in [1.807, 2.05) is 20.0 Å². The van der Waals surface area contributed by atoms with E-state index in [0.29, 0.717) is 6.04 Å². The zero-order valence-corrected chi connectivity index (χ0v) is 12.8. The average molecular weight is 291 g/mol. The number of hydrazine groups is 1. The lowest BCUT2D eigenvalue weighted by atomic mass is 9.95. The second kappa shape index (κ2) is 6.27. The fourth-order valence-electron chi connectivity index (χ4n) is 3.35. The number of hydrogen-bond acceptors (Lipinski definition) is 6. The van der Waals surface area contributed by atoms with Crippen molar-refractivity contribution in [2.45, 2.75) is 32.0 Å². The number of nitrogens with two attached hydrogens (primary N) is 1. The molecule has 4 rings (SSSR count). The molecule has 2 bridgehead atoms. The first-order valence-corrected chi connectivity index (χ1v) is 7.71. The Kier molecular flexibility index (Phi) is 4.40. The Balaban J connectivity index is 1.79. The van der Waals surface area contributed by atoms with Crippen LogP contribution in [-0.4, -0.2) is 59.7 Å². The minimum Gasteiger partial charge on any atom is -0.489 e. The molecule has 21 heavy (non-hydrogen) atoms. The number of nitrogens with one attached hydrogen (secondary N) is 1. The highest BCUT2D eigenvalue weighted by Crippen LogP contribution is 2.28. The van der Waals surface area contributed by atoms with E-state index in [4.69, 9.17) is 10.6 Å². The number of nitrogens with zero attached hydrogens (tertiary/aromatic N) is 3. The zero-order chi connectivity index (χ0) is 14.8. The van der Waals surface area contributed by atoms with Crippen LogP contribution < -0.4 is 16.0 Å². The summed E-state index contributed by atoms with van der Waals surface area (Å²) in [7, 11) is 0. The molecular formula is C15H25N5O. The highest BCUT2D eigenvalue weighted by Gasteiger charge is 2.37. The Hall–Kier alpha value is -1.21. The van der Waals surface area contributed by atoms with Gasteiger partial charge in [0.15, 0.2) is 0 Å². The van der Waals surface area contributed by atoms with Gasteiger partial charge in [0.05, 0.1) is 18.3 Å². The molecule has 2 unspecified atom stereocenters. The second-order valence-electron chi connectivity index (χ2n) is 6.17. The maximum absolute atomic E-state index is 5.85. The Morgan fingerprint density at radius 1 is 1.29 bits per heavy atom. The van der Waals surface area contributed by atoms with Crippen LogP contribution in [-0.2, 0) is 0 Å². The quantitative estimate of drug-likeness (QED) is 0.604. The fourth-order valence-corrected chi connectivity index (χ4v) is 3.35. The third-order valence-electron chi connectivity index (χ3n) is 4.35. The molecular weight excluding hydrogens is 266 g/mol. The monoisotopic (exact) mass is 291 g/mol. The molecule has 3 aliphatic heterocycles. The molecule has 2 atom stereocenters. The van der Waals surface area contributed by atoms with Gasteiger partial charge in [0.1, 0.15) is 5.75 Å². The highest BCUT2D eigenvalue weighted by atomic mass is 16.5. The molecule has 0 aromatic carbocycles. The van der Waals surface area contributed by atoms with Crippen LogP contribution in [0.25, 0.3) is 0 Å². The summed E-state index contributed by atoms with van der Waals surface area (Å²) in [6.07, 6.45) is 3.79. The Labute approximate surface area is 126 Å². The SMILES string of the molecule is CC(C)Oc1cncc(C(NN)C2CN3CCN2CC3)c1. The summed E-state index contributed by atoms with van der Waals surface area (Å²) in [5.41, 5.74) is 4.08. The topological polar surface area (TPSA) is 66.7 Å². The molecule has 0 amide bonds. The molecule has 0 radical (unpaired) electrons. The van der Waals surface area contributed by atoms with Gasteiger partial charge in [-0.2, -0.15) is 0 Å². The summed E-state index contributed by atoms with van der Waals surface area (Å²) in [5, 5.41) is 0. The minimum absolute atomic E-state index is 0.0799. The van der Waals surface area contributed by atoms with Crippen molar-refractivity contribution in [1.29, 1.82) is 0 Å². The van der Waals surface area contributed by atoms with Crippen molar-refractivity contribution in [1.82, 2.24) is 20.2 Å². The van der Waals surface area contributed by atoms with Crippen LogP contribution in [0.5, 0.6) is 5.75 Å². The van der Waals surface area contributed by atoms with Crippen LogP contribution in [0.15, 0.2) is 18.5 Å². The van der Waals surface area contributed by atoms with Gasteiger partial charge in [0.25, 0.3) is 0 Å². The number of pyridine rings is 1. The molecule has 3 saturated heterocycles. The van der Waals surface area contributed by atoms with Crippen LogP contribution in [0.3, 0.4) is 0 Å². The summed E-state index contributed by atoms with van der Waals surface area (Å²) in [5.74, 6) is 6.66. The van der Waals surface area contributed by atoms with Gasteiger partial charge in [-0.15, -0.1) is 0 Å². The molecule has 3 fully saturated rings. The molecule has 6 nitrogen and oxygen atoms in total. The summed E-state index contributed by atoms with van der Waals surface area (Å²) in [6, 6.07) is 2.53. The molecule has 1 aromatic heterocycles. The Morgan fingerprint density at radius 2 is 2.05 bits per heavy atom. The van der Waals surface area contributed by atoms with Crippen molar-refractivity contribution in [3.63, 3.8) is 0 Å². The standard InChI is InChI=1S/C15H25N5O/c1-11(2)21-13-7-12(8-17-9-13)15(18-16)14-10-19-3-5-20(14)6-4-19/h7-9,11,14-15,18H,3-6,10,16H2,1-2H3. The summed E-state index contributed by atoms with van der Waals surface area (Å²) >= 11 is 0. The lowest BCUT2D eigenvalue weighted by molar-refractivity contribution is -0.00378. The molecule has 0 spiro atoms. The van der Waals surface area contributed by atoms with Gasteiger partial charge in [-0.1, -0.05) is 0 Å². The van der Waals surface area contributed by atoms with E-state index in [0.717, 1.165) is 30.9 Å². The Morgan fingerprint density at radius 3 is 2.62 bits per heavy atom. The smallest absolute Gasteiger partial charge is 0.138 e. The van der Waals surface area contributed by atoms with E-state index in [1.54, 1.807) is 6.20 Å². The number of hydrogen-bond donors (Lipinski definition) is 2. The maximum Gasteiger partial charge on any atom is 0.138 e. The van der Waals surface area contributed by atoms with Crippen molar-refractivity contribution < 1.29 is 4.74 Å². The molecule has 4 heterocycles. The van der Waals surface area contributed by atoms with Crippen molar-refractivity contribution in [3.8, 4) is 5.75 Å². The second-order valence-corrected chi connectivity index (χ2v) is 6.17. The molecule has 1 aromatic rings. The summed E-state index contributed by atoms with van der Waals surface area (Å²) in [4.78, 5) is 9.35. The number of piperazine rings is 3. The lowest BCUT2D eigenvalue weighted by Crippen LogP contribution is -2.64.